The monoisotopic (exact) mass is 262 g/mol. The quantitative estimate of drug-likeness (QED) is 0.561. The molecule has 0 atom stereocenters. The van der Waals surface area contributed by atoms with Gasteiger partial charge in [0.05, 0.1) is 5.60 Å². The highest BCUT2D eigenvalue weighted by atomic mass is 16.5. The number of carbonyl (C=O) groups is 3. The second-order valence-corrected chi connectivity index (χ2v) is 4.08. The van der Waals surface area contributed by atoms with Crippen LogP contribution in [0, 0.1) is 0 Å². The van der Waals surface area contributed by atoms with Crippen molar-refractivity contribution in [3.63, 3.8) is 0 Å². The Morgan fingerprint density at radius 1 is 1.22 bits per heavy atom. The van der Waals surface area contributed by atoms with Crippen LogP contribution in [0.4, 0.5) is 4.79 Å². The molecule has 8 heteroatoms. The van der Waals surface area contributed by atoms with Gasteiger partial charge in [-0.2, -0.15) is 0 Å². The van der Waals surface area contributed by atoms with Crippen LogP contribution >= 0.6 is 0 Å². The number of hydrogen-bond acceptors (Lipinski definition) is 5. The van der Waals surface area contributed by atoms with Crippen LogP contribution in [0.5, 0.6) is 0 Å². The minimum atomic E-state index is -1.19. The van der Waals surface area contributed by atoms with Gasteiger partial charge in [-0.15, -0.1) is 0 Å². The van der Waals surface area contributed by atoms with Gasteiger partial charge in [-0.1, -0.05) is 0 Å². The van der Waals surface area contributed by atoms with Crippen molar-refractivity contribution in [2.75, 3.05) is 26.9 Å². The van der Waals surface area contributed by atoms with Crippen molar-refractivity contribution >= 4 is 17.9 Å². The Morgan fingerprint density at radius 2 is 1.83 bits per heavy atom. The highest BCUT2D eigenvalue weighted by molar-refractivity contribution is 5.94. The molecule has 8 nitrogen and oxygen atoms in total. The van der Waals surface area contributed by atoms with Gasteiger partial charge in [-0.05, 0) is 13.8 Å². The summed E-state index contributed by atoms with van der Waals surface area (Å²) in [5.74, 6) is -1.90. The molecule has 0 bridgehead atoms. The Hall–Kier alpha value is -1.67. The number of nitrogens with one attached hydrogen (secondary N) is 2. The summed E-state index contributed by atoms with van der Waals surface area (Å²) >= 11 is 0. The number of hydrogen-bond donors (Lipinski definition) is 3. The van der Waals surface area contributed by atoms with E-state index in [1.54, 1.807) is 13.8 Å². The summed E-state index contributed by atoms with van der Waals surface area (Å²) in [7, 11) is 1.50. The van der Waals surface area contributed by atoms with Crippen molar-refractivity contribution in [3.8, 4) is 0 Å². The maximum atomic E-state index is 11.2. The number of aliphatic carboxylic acids is 1. The third kappa shape index (κ3) is 8.48. The molecule has 0 aromatic rings. The fourth-order valence-electron chi connectivity index (χ4n) is 0.803. The van der Waals surface area contributed by atoms with Gasteiger partial charge in [0.1, 0.15) is 13.2 Å². The molecule has 3 N–H and O–H groups in total. The van der Waals surface area contributed by atoms with E-state index in [2.05, 4.69) is 10.1 Å². The van der Waals surface area contributed by atoms with Gasteiger partial charge in [-0.3, -0.25) is 10.1 Å². The number of amides is 3. The summed E-state index contributed by atoms with van der Waals surface area (Å²) in [5.41, 5.74) is -0.541. The van der Waals surface area contributed by atoms with Crippen LogP contribution in [0.25, 0.3) is 0 Å². The topological polar surface area (TPSA) is 114 Å². The molecule has 0 spiro atoms. The molecule has 0 aliphatic rings. The SMILES string of the molecule is COC(C)(C)CNC(=O)NC(=O)COCC(=O)O. The molecular weight excluding hydrogens is 244 g/mol. The standard InChI is InChI=1S/C10H18N2O6/c1-10(2,17-3)6-11-9(16)12-7(13)4-18-5-8(14)15/h4-6H2,1-3H3,(H,14,15)(H2,11,12,13,16). The number of imide groups is 1. The summed E-state index contributed by atoms with van der Waals surface area (Å²) in [6.07, 6.45) is 0. The molecule has 0 radical (unpaired) electrons. The lowest BCUT2D eigenvalue weighted by molar-refractivity contribution is -0.143. The third-order valence-electron chi connectivity index (χ3n) is 1.94. The summed E-state index contributed by atoms with van der Waals surface area (Å²) < 4.78 is 9.57. The molecule has 0 fully saturated rings. The van der Waals surface area contributed by atoms with E-state index in [1.807, 2.05) is 5.32 Å². The molecule has 0 aliphatic carbocycles. The molecular formula is C10H18N2O6. The summed E-state index contributed by atoms with van der Waals surface area (Å²) in [6, 6.07) is -0.691. The van der Waals surface area contributed by atoms with E-state index in [0.29, 0.717) is 0 Å². The zero-order valence-corrected chi connectivity index (χ0v) is 10.6. The largest absolute Gasteiger partial charge is 0.480 e. The van der Waals surface area contributed by atoms with Crippen LogP contribution in [0.3, 0.4) is 0 Å². The number of ether oxygens (including phenoxy) is 2. The van der Waals surface area contributed by atoms with Crippen LogP contribution in [0.2, 0.25) is 0 Å². The van der Waals surface area contributed by atoms with Crippen molar-refractivity contribution in [2.45, 2.75) is 19.4 Å². The average molecular weight is 262 g/mol. The van der Waals surface area contributed by atoms with Gasteiger partial charge < -0.3 is 19.9 Å². The number of carbonyl (C=O) groups excluding carboxylic acids is 2. The first kappa shape index (κ1) is 16.3. The van der Waals surface area contributed by atoms with E-state index in [-0.39, 0.29) is 6.54 Å². The molecule has 0 unspecified atom stereocenters. The Labute approximate surface area is 105 Å². The van der Waals surface area contributed by atoms with Gasteiger partial charge in [0.2, 0.25) is 0 Å². The fourth-order valence-corrected chi connectivity index (χ4v) is 0.803. The first-order valence-electron chi connectivity index (χ1n) is 5.19. The van der Waals surface area contributed by atoms with Crippen molar-refractivity contribution < 1.29 is 29.0 Å². The van der Waals surface area contributed by atoms with Crippen LogP contribution < -0.4 is 10.6 Å². The molecule has 0 saturated carbocycles. The van der Waals surface area contributed by atoms with Crippen molar-refractivity contribution in [1.29, 1.82) is 0 Å². The van der Waals surface area contributed by atoms with Crippen LogP contribution in [0.1, 0.15) is 13.8 Å². The van der Waals surface area contributed by atoms with Crippen molar-refractivity contribution in [1.82, 2.24) is 10.6 Å². The number of rotatable bonds is 7. The van der Waals surface area contributed by atoms with E-state index in [1.165, 1.54) is 7.11 Å². The van der Waals surface area contributed by atoms with E-state index in [9.17, 15) is 14.4 Å². The third-order valence-corrected chi connectivity index (χ3v) is 1.94. The summed E-state index contributed by atoms with van der Waals surface area (Å²) in [4.78, 5) is 32.4. The number of urea groups is 1. The van der Waals surface area contributed by atoms with Crippen LogP contribution in [-0.2, 0) is 19.1 Å². The zero-order valence-electron chi connectivity index (χ0n) is 10.6. The first-order valence-corrected chi connectivity index (χ1v) is 5.19. The normalized spacial score (nSPS) is 10.8. The van der Waals surface area contributed by atoms with E-state index in [4.69, 9.17) is 9.84 Å². The molecule has 0 rings (SSSR count). The summed E-state index contributed by atoms with van der Waals surface area (Å²) in [6.45, 7) is 2.67. The molecule has 0 aromatic heterocycles. The maximum Gasteiger partial charge on any atom is 0.329 e. The molecule has 0 aliphatic heterocycles. The number of carboxylic acids is 1. The Bertz CT molecular complexity index is 315. The zero-order chi connectivity index (χ0) is 14.2. The molecule has 0 saturated heterocycles. The highest BCUT2D eigenvalue weighted by Crippen LogP contribution is 2.04. The molecule has 3 amide bonds. The van der Waals surface area contributed by atoms with E-state index >= 15 is 0 Å². The first-order chi connectivity index (χ1) is 8.26. The van der Waals surface area contributed by atoms with Gasteiger partial charge in [-0.25, -0.2) is 9.59 Å². The van der Waals surface area contributed by atoms with Gasteiger partial charge in [0.25, 0.3) is 5.91 Å². The second kappa shape index (κ2) is 7.62. The van der Waals surface area contributed by atoms with E-state index < -0.39 is 36.7 Å². The molecule has 104 valence electrons. The Balaban J connectivity index is 3.81. The summed E-state index contributed by atoms with van der Waals surface area (Å²) in [5, 5.41) is 12.7. The minimum absolute atomic E-state index is 0.221. The van der Waals surface area contributed by atoms with Crippen LogP contribution in [-0.4, -0.2) is 55.5 Å². The minimum Gasteiger partial charge on any atom is -0.480 e. The smallest absolute Gasteiger partial charge is 0.329 e. The van der Waals surface area contributed by atoms with Gasteiger partial charge in [0, 0.05) is 13.7 Å². The number of methoxy groups -OCH3 is 1. The average Bonchev–Trinajstić information content (AvgIpc) is 2.26. The maximum absolute atomic E-state index is 11.2. The van der Waals surface area contributed by atoms with E-state index in [0.717, 1.165) is 0 Å². The highest BCUT2D eigenvalue weighted by Gasteiger charge is 2.18. The van der Waals surface area contributed by atoms with Crippen LogP contribution in [0.15, 0.2) is 0 Å². The predicted octanol–water partition coefficient (Wildman–Crippen LogP) is -0.662. The fraction of sp³-hybridized carbons (Fsp3) is 0.700. The lowest BCUT2D eigenvalue weighted by atomic mass is 10.1. The number of carboxylic acid groups (broad SMARTS) is 1. The lowest BCUT2D eigenvalue weighted by Crippen LogP contribution is -2.46. The van der Waals surface area contributed by atoms with Crippen molar-refractivity contribution in [3.05, 3.63) is 0 Å². The van der Waals surface area contributed by atoms with Crippen molar-refractivity contribution in [2.24, 2.45) is 0 Å². The second-order valence-electron chi connectivity index (χ2n) is 4.08. The predicted molar refractivity (Wildman–Crippen MR) is 61.1 cm³/mol. The molecule has 0 aromatic carbocycles. The Kier molecular flexibility index (Phi) is 6.91. The Morgan fingerprint density at radius 3 is 2.33 bits per heavy atom. The lowest BCUT2D eigenvalue weighted by Gasteiger charge is -2.22. The molecule has 0 heterocycles. The van der Waals surface area contributed by atoms with Gasteiger partial charge >= 0.3 is 12.0 Å². The van der Waals surface area contributed by atoms with Gasteiger partial charge in [0.15, 0.2) is 0 Å². The molecule has 18 heavy (non-hydrogen) atoms.